The molecular weight excluding hydrogens is 374 g/mol. The van der Waals surface area contributed by atoms with E-state index in [9.17, 15) is 9.59 Å². The van der Waals surface area contributed by atoms with Crippen LogP contribution in [0.25, 0.3) is 10.2 Å². The van der Waals surface area contributed by atoms with Gasteiger partial charge in [0.25, 0.3) is 5.56 Å². The predicted molar refractivity (Wildman–Crippen MR) is 112 cm³/mol. The van der Waals surface area contributed by atoms with Crippen molar-refractivity contribution in [3.8, 4) is 0 Å². The number of aryl methyl sites for hydroxylation is 2. The fraction of sp³-hybridized carbons (Fsp3) is 0.286. The first-order chi connectivity index (χ1) is 13.6. The van der Waals surface area contributed by atoms with Crippen LogP contribution in [0.1, 0.15) is 33.6 Å². The molecule has 0 spiro atoms. The van der Waals surface area contributed by atoms with Crippen LogP contribution in [0.5, 0.6) is 0 Å². The lowest BCUT2D eigenvalue weighted by Gasteiger charge is -2.14. The smallest absolute Gasteiger partial charge is 0.337 e. The Hall–Kier alpha value is -2.93. The molecule has 7 heteroatoms. The number of anilines is 2. The second-order valence-corrected chi connectivity index (χ2v) is 7.81. The van der Waals surface area contributed by atoms with Gasteiger partial charge in [-0.2, -0.15) is 0 Å². The van der Waals surface area contributed by atoms with Crippen molar-refractivity contribution in [3.05, 3.63) is 63.3 Å². The molecule has 0 amide bonds. The molecule has 28 heavy (non-hydrogen) atoms. The Kier molecular flexibility index (Phi) is 5.00. The lowest BCUT2D eigenvalue weighted by Crippen LogP contribution is -2.24. The SMILES string of the molecule is C=CCn1c(Nc2ccc(C(=O)OC)cc2)nc2sc3c(c2c1=O)CCCC3. The Morgan fingerprint density at radius 3 is 2.79 bits per heavy atom. The maximum Gasteiger partial charge on any atom is 0.337 e. The molecule has 1 aliphatic carbocycles. The van der Waals surface area contributed by atoms with Gasteiger partial charge in [0.05, 0.1) is 18.1 Å². The van der Waals surface area contributed by atoms with Crippen molar-refractivity contribution in [1.82, 2.24) is 9.55 Å². The molecule has 0 atom stereocenters. The van der Waals surface area contributed by atoms with Crippen molar-refractivity contribution in [2.45, 2.75) is 32.2 Å². The van der Waals surface area contributed by atoms with Crippen LogP contribution in [0, 0.1) is 0 Å². The summed E-state index contributed by atoms with van der Waals surface area (Å²) in [7, 11) is 1.35. The van der Waals surface area contributed by atoms with Crippen LogP contribution in [0.3, 0.4) is 0 Å². The molecule has 0 saturated heterocycles. The highest BCUT2D eigenvalue weighted by Crippen LogP contribution is 2.34. The van der Waals surface area contributed by atoms with E-state index in [1.54, 1.807) is 46.2 Å². The second-order valence-electron chi connectivity index (χ2n) is 6.72. The number of fused-ring (bicyclic) bond motifs is 3. The van der Waals surface area contributed by atoms with Crippen LogP contribution in [-0.2, 0) is 24.1 Å². The number of aromatic nitrogens is 2. The first-order valence-corrected chi connectivity index (χ1v) is 10.1. The molecule has 0 radical (unpaired) electrons. The quantitative estimate of drug-likeness (QED) is 0.521. The minimum atomic E-state index is -0.390. The fourth-order valence-electron chi connectivity index (χ4n) is 3.57. The number of hydrogen-bond acceptors (Lipinski definition) is 6. The maximum absolute atomic E-state index is 13.2. The number of rotatable bonds is 5. The van der Waals surface area contributed by atoms with Gasteiger partial charge in [0.15, 0.2) is 0 Å². The van der Waals surface area contributed by atoms with Crippen LogP contribution in [0.4, 0.5) is 11.6 Å². The van der Waals surface area contributed by atoms with Gasteiger partial charge in [0.2, 0.25) is 5.95 Å². The van der Waals surface area contributed by atoms with Gasteiger partial charge >= 0.3 is 5.97 Å². The van der Waals surface area contributed by atoms with E-state index in [2.05, 4.69) is 11.9 Å². The Morgan fingerprint density at radius 1 is 1.32 bits per heavy atom. The van der Waals surface area contributed by atoms with Crippen molar-refractivity contribution in [2.24, 2.45) is 0 Å². The first-order valence-electron chi connectivity index (χ1n) is 9.23. The maximum atomic E-state index is 13.2. The molecule has 2 heterocycles. The zero-order chi connectivity index (χ0) is 19.7. The Bertz CT molecular complexity index is 1110. The Morgan fingerprint density at radius 2 is 2.07 bits per heavy atom. The largest absolute Gasteiger partial charge is 0.465 e. The van der Waals surface area contributed by atoms with Crippen molar-refractivity contribution in [3.63, 3.8) is 0 Å². The van der Waals surface area contributed by atoms with E-state index in [1.807, 2.05) is 0 Å². The molecule has 0 saturated carbocycles. The average Bonchev–Trinajstić information content (AvgIpc) is 3.09. The lowest BCUT2D eigenvalue weighted by atomic mass is 9.97. The summed E-state index contributed by atoms with van der Waals surface area (Å²) >= 11 is 1.62. The monoisotopic (exact) mass is 395 g/mol. The molecule has 1 N–H and O–H groups in total. The van der Waals surface area contributed by atoms with Crippen LogP contribution in [-0.4, -0.2) is 22.6 Å². The number of benzene rings is 1. The van der Waals surface area contributed by atoms with Gasteiger partial charge in [0, 0.05) is 17.1 Å². The minimum Gasteiger partial charge on any atom is -0.465 e. The van der Waals surface area contributed by atoms with Gasteiger partial charge in [-0.25, -0.2) is 9.78 Å². The van der Waals surface area contributed by atoms with Crippen molar-refractivity contribution >= 4 is 39.2 Å². The van der Waals surface area contributed by atoms with Gasteiger partial charge in [-0.1, -0.05) is 6.08 Å². The van der Waals surface area contributed by atoms with Gasteiger partial charge in [-0.3, -0.25) is 9.36 Å². The standard InChI is InChI=1S/C21H21N3O3S/c1-3-12-24-19(25)17-15-6-4-5-7-16(15)28-18(17)23-21(24)22-14-10-8-13(9-11-14)20(26)27-2/h3,8-11H,1,4-7,12H2,2H3,(H,22,23). The highest BCUT2D eigenvalue weighted by molar-refractivity contribution is 7.18. The third kappa shape index (κ3) is 3.22. The first kappa shape index (κ1) is 18.4. The Balaban J connectivity index is 1.77. The van der Waals surface area contributed by atoms with Crippen molar-refractivity contribution in [1.29, 1.82) is 0 Å². The van der Waals surface area contributed by atoms with Crippen molar-refractivity contribution < 1.29 is 9.53 Å². The molecule has 0 bridgehead atoms. The normalized spacial score (nSPS) is 13.2. The number of esters is 1. The van der Waals surface area contributed by atoms with E-state index in [0.717, 1.165) is 35.2 Å². The fourth-order valence-corrected chi connectivity index (χ4v) is 4.82. The number of hydrogen-bond donors (Lipinski definition) is 1. The summed E-state index contributed by atoms with van der Waals surface area (Å²) in [5.74, 6) is 0.0839. The zero-order valence-electron chi connectivity index (χ0n) is 15.7. The van der Waals surface area contributed by atoms with Gasteiger partial charge < -0.3 is 10.1 Å². The van der Waals surface area contributed by atoms with Gasteiger partial charge in [-0.15, -0.1) is 17.9 Å². The summed E-state index contributed by atoms with van der Waals surface area (Å²) in [6, 6.07) is 6.87. The summed E-state index contributed by atoms with van der Waals surface area (Å²) in [4.78, 5) is 31.7. The molecule has 1 aliphatic rings. The van der Waals surface area contributed by atoms with Crippen LogP contribution in [0.2, 0.25) is 0 Å². The topological polar surface area (TPSA) is 73.2 Å². The van der Waals surface area contributed by atoms with Gasteiger partial charge in [0.1, 0.15) is 4.83 Å². The van der Waals surface area contributed by atoms with E-state index < -0.39 is 0 Å². The molecule has 1 aromatic carbocycles. The number of allylic oxidation sites excluding steroid dienone is 1. The number of carbonyl (C=O) groups excluding carboxylic acids is 1. The molecule has 144 valence electrons. The molecule has 6 nitrogen and oxygen atoms in total. The molecule has 3 aromatic rings. The molecule has 2 aromatic heterocycles. The molecule has 0 fully saturated rings. The lowest BCUT2D eigenvalue weighted by molar-refractivity contribution is 0.0601. The summed E-state index contributed by atoms with van der Waals surface area (Å²) in [5.41, 5.74) is 2.34. The Labute approximate surface area is 166 Å². The summed E-state index contributed by atoms with van der Waals surface area (Å²) in [5, 5.41) is 3.97. The predicted octanol–water partition coefficient (Wildman–Crippen LogP) is 4.05. The number of nitrogens with one attached hydrogen (secondary N) is 1. The highest BCUT2D eigenvalue weighted by atomic mass is 32.1. The third-order valence-electron chi connectivity index (χ3n) is 4.95. The molecule has 0 unspecified atom stereocenters. The average molecular weight is 395 g/mol. The number of ether oxygens (including phenoxy) is 1. The molecule has 4 rings (SSSR count). The van der Waals surface area contributed by atoms with E-state index in [4.69, 9.17) is 9.72 Å². The third-order valence-corrected chi connectivity index (χ3v) is 6.13. The summed E-state index contributed by atoms with van der Waals surface area (Å²) in [6.07, 6.45) is 5.95. The molecule has 0 aliphatic heterocycles. The minimum absolute atomic E-state index is 0.0296. The number of nitrogens with zero attached hydrogens (tertiary/aromatic N) is 2. The van der Waals surface area contributed by atoms with E-state index in [0.29, 0.717) is 18.1 Å². The van der Waals surface area contributed by atoms with Crippen LogP contribution < -0.4 is 10.9 Å². The van der Waals surface area contributed by atoms with E-state index in [1.165, 1.54) is 24.0 Å². The van der Waals surface area contributed by atoms with Crippen molar-refractivity contribution in [2.75, 3.05) is 12.4 Å². The number of carbonyl (C=O) groups is 1. The second kappa shape index (κ2) is 7.59. The van der Waals surface area contributed by atoms with E-state index in [-0.39, 0.29) is 11.5 Å². The highest BCUT2D eigenvalue weighted by Gasteiger charge is 2.22. The summed E-state index contributed by atoms with van der Waals surface area (Å²) in [6.45, 7) is 4.15. The van der Waals surface area contributed by atoms with Crippen LogP contribution in [0.15, 0.2) is 41.7 Å². The zero-order valence-corrected chi connectivity index (χ0v) is 16.5. The van der Waals surface area contributed by atoms with E-state index >= 15 is 0 Å². The number of methoxy groups -OCH3 is 1. The van der Waals surface area contributed by atoms with Crippen LogP contribution >= 0.6 is 11.3 Å². The molecular formula is C21H21N3O3S. The number of thiophene rings is 1. The summed E-state index contributed by atoms with van der Waals surface area (Å²) < 4.78 is 6.34. The van der Waals surface area contributed by atoms with Gasteiger partial charge in [-0.05, 0) is 55.5 Å².